The lowest BCUT2D eigenvalue weighted by Crippen LogP contribution is -2.44. The van der Waals surface area contributed by atoms with Gasteiger partial charge in [0.2, 0.25) is 0 Å². The van der Waals surface area contributed by atoms with Crippen molar-refractivity contribution in [3.8, 4) is 0 Å². The van der Waals surface area contributed by atoms with Crippen LogP contribution in [0, 0.1) is 0 Å². The van der Waals surface area contributed by atoms with E-state index in [0.29, 0.717) is 0 Å². The molecule has 1 spiro atoms. The number of morpholine rings is 1. The van der Waals surface area contributed by atoms with Crippen LogP contribution in [0.25, 0.3) is 0 Å². The van der Waals surface area contributed by atoms with E-state index in [9.17, 15) is 0 Å². The van der Waals surface area contributed by atoms with Crippen molar-refractivity contribution in [1.29, 1.82) is 0 Å². The number of ether oxygens (including phenoxy) is 1. The largest absolute Gasteiger partial charge is 0.371 e. The predicted molar refractivity (Wildman–Crippen MR) is 79.5 cm³/mol. The highest BCUT2D eigenvalue weighted by Gasteiger charge is 2.47. The van der Waals surface area contributed by atoms with Crippen molar-refractivity contribution in [3.63, 3.8) is 0 Å². The summed E-state index contributed by atoms with van der Waals surface area (Å²) in [6.45, 7) is 3.66. The molecule has 1 aromatic heterocycles. The topological polar surface area (TPSA) is 28.6 Å². The molecule has 2 aliphatic rings. The SMILES string of the molecule is CN(C)Cc1cc(Br)cnc1N1CCOC2(CC2)C1. The maximum Gasteiger partial charge on any atom is 0.133 e. The first-order chi connectivity index (χ1) is 9.08. The fourth-order valence-electron chi connectivity index (χ4n) is 2.68. The van der Waals surface area contributed by atoms with E-state index in [2.05, 4.69) is 50.9 Å². The Morgan fingerprint density at radius 2 is 2.26 bits per heavy atom. The first kappa shape index (κ1) is 13.3. The Hall–Kier alpha value is -0.650. The van der Waals surface area contributed by atoms with Gasteiger partial charge >= 0.3 is 0 Å². The number of hydrogen-bond acceptors (Lipinski definition) is 4. The molecule has 4 nitrogen and oxygen atoms in total. The summed E-state index contributed by atoms with van der Waals surface area (Å²) >= 11 is 3.52. The average molecular weight is 326 g/mol. The lowest BCUT2D eigenvalue weighted by atomic mass is 10.2. The van der Waals surface area contributed by atoms with E-state index < -0.39 is 0 Å². The van der Waals surface area contributed by atoms with Gasteiger partial charge in [0.15, 0.2) is 0 Å². The Morgan fingerprint density at radius 3 is 2.95 bits per heavy atom. The number of rotatable bonds is 3. The summed E-state index contributed by atoms with van der Waals surface area (Å²) in [4.78, 5) is 9.22. The van der Waals surface area contributed by atoms with Crippen molar-refractivity contribution < 1.29 is 4.74 Å². The standard InChI is InChI=1S/C14H20BrN3O/c1-17(2)9-11-7-12(15)8-16-13(11)18-5-6-19-14(10-18)3-4-14/h7-8H,3-6,9-10H2,1-2H3. The maximum atomic E-state index is 5.88. The van der Waals surface area contributed by atoms with Crippen LogP contribution in [0.3, 0.4) is 0 Å². The molecule has 1 aromatic rings. The van der Waals surface area contributed by atoms with E-state index in [1.807, 2.05) is 6.20 Å². The first-order valence-corrected chi connectivity index (χ1v) is 7.55. The van der Waals surface area contributed by atoms with Gasteiger partial charge in [-0.3, -0.25) is 0 Å². The molecule has 3 rings (SSSR count). The van der Waals surface area contributed by atoms with Gasteiger partial charge in [-0.2, -0.15) is 0 Å². The summed E-state index contributed by atoms with van der Waals surface area (Å²) in [7, 11) is 4.18. The van der Waals surface area contributed by atoms with E-state index in [-0.39, 0.29) is 5.60 Å². The molecule has 0 N–H and O–H groups in total. The van der Waals surface area contributed by atoms with E-state index >= 15 is 0 Å². The fourth-order valence-corrected chi connectivity index (χ4v) is 3.06. The van der Waals surface area contributed by atoms with Gasteiger partial charge in [0, 0.05) is 35.9 Å². The molecule has 0 radical (unpaired) electrons. The number of hydrogen-bond donors (Lipinski definition) is 0. The third-order valence-electron chi connectivity index (χ3n) is 3.75. The summed E-state index contributed by atoms with van der Waals surface area (Å²) < 4.78 is 6.93. The number of anilines is 1. The molecule has 19 heavy (non-hydrogen) atoms. The molecule has 104 valence electrons. The first-order valence-electron chi connectivity index (χ1n) is 6.76. The van der Waals surface area contributed by atoms with E-state index in [0.717, 1.165) is 36.5 Å². The van der Waals surface area contributed by atoms with Crippen molar-refractivity contribution in [2.24, 2.45) is 0 Å². The Labute approximate surface area is 122 Å². The highest BCUT2D eigenvalue weighted by Crippen LogP contribution is 2.43. The van der Waals surface area contributed by atoms with Crippen molar-refractivity contribution in [3.05, 3.63) is 22.3 Å². The zero-order chi connectivity index (χ0) is 13.5. The van der Waals surface area contributed by atoms with Crippen LogP contribution in [0.4, 0.5) is 5.82 Å². The minimum absolute atomic E-state index is 0.141. The second-order valence-electron chi connectivity index (χ2n) is 5.83. The molecule has 5 heteroatoms. The van der Waals surface area contributed by atoms with Crippen LogP contribution in [0.1, 0.15) is 18.4 Å². The number of nitrogens with zero attached hydrogens (tertiary/aromatic N) is 3. The Morgan fingerprint density at radius 1 is 1.47 bits per heavy atom. The van der Waals surface area contributed by atoms with Crippen molar-refractivity contribution in [2.45, 2.75) is 25.0 Å². The van der Waals surface area contributed by atoms with Crippen molar-refractivity contribution in [2.75, 3.05) is 38.7 Å². The minimum Gasteiger partial charge on any atom is -0.371 e. The highest BCUT2D eigenvalue weighted by molar-refractivity contribution is 9.10. The summed E-state index contributed by atoms with van der Waals surface area (Å²) in [6, 6.07) is 2.18. The summed E-state index contributed by atoms with van der Waals surface area (Å²) in [5, 5.41) is 0. The quantitative estimate of drug-likeness (QED) is 0.852. The molecule has 2 fully saturated rings. The smallest absolute Gasteiger partial charge is 0.133 e. The van der Waals surface area contributed by atoms with Gasteiger partial charge in [0.05, 0.1) is 12.2 Å². The number of halogens is 1. The molecule has 0 atom stereocenters. The number of pyridine rings is 1. The second kappa shape index (κ2) is 5.04. The van der Waals surface area contributed by atoms with E-state index in [1.54, 1.807) is 0 Å². The van der Waals surface area contributed by atoms with Gasteiger partial charge in [-0.05, 0) is 48.9 Å². The Bertz CT molecular complexity index is 474. The van der Waals surface area contributed by atoms with Crippen LogP contribution in [0.5, 0.6) is 0 Å². The van der Waals surface area contributed by atoms with Crippen molar-refractivity contribution in [1.82, 2.24) is 9.88 Å². The molecule has 2 heterocycles. The highest BCUT2D eigenvalue weighted by atomic mass is 79.9. The number of aromatic nitrogens is 1. The summed E-state index contributed by atoms with van der Waals surface area (Å²) in [5.41, 5.74) is 1.42. The predicted octanol–water partition coefficient (Wildman–Crippen LogP) is 2.27. The van der Waals surface area contributed by atoms with E-state index in [4.69, 9.17) is 4.74 Å². The van der Waals surface area contributed by atoms with Crippen molar-refractivity contribution >= 4 is 21.7 Å². The second-order valence-corrected chi connectivity index (χ2v) is 6.74. The monoisotopic (exact) mass is 325 g/mol. The van der Waals surface area contributed by atoms with Gasteiger partial charge in [-0.25, -0.2) is 4.98 Å². The van der Waals surface area contributed by atoms with Crippen LogP contribution in [-0.2, 0) is 11.3 Å². The van der Waals surface area contributed by atoms with Crippen LogP contribution in [-0.4, -0.2) is 49.3 Å². The molecule has 1 saturated carbocycles. The van der Waals surface area contributed by atoms with Gasteiger partial charge in [-0.1, -0.05) is 0 Å². The average Bonchev–Trinajstić information content (AvgIpc) is 3.07. The third kappa shape index (κ3) is 2.93. The zero-order valence-electron chi connectivity index (χ0n) is 11.5. The minimum atomic E-state index is 0.141. The molecule has 1 aliphatic carbocycles. The van der Waals surface area contributed by atoms with Crippen LogP contribution in [0.2, 0.25) is 0 Å². The molecule has 0 unspecified atom stereocenters. The summed E-state index contributed by atoms with van der Waals surface area (Å²) in [6.07, 6.45) is 4.29. The molecule has 1 saturated heterocycles. The van der Waals surface area contributed by atoms with Gasteiger partial charge in [-0.15, -0.1) is 0 Å². The molecule has 0 amide bonds. The van der Waals surface area contributed by atoms with Crippen LogP contribution < -0.4 is 4.90 Å². The summed E-state index contributed by atoms with van der Waals surface area (Å²) in [5.74, 6) is 1.12. The zero-order valence-corrected chi connectivity index (χ0v) is 13.1. The van der Waals surface area contributed by atoms with E-state index in [1.165, 1.54) is 18.4 Å². The van der Waals surface area contributed by atoms with Gasteiger partial charge in [0.1, 0.15) is 5.82 Å². The van der Waals surface area contributed by atoms with Crippen LogP contribution in [0.15, 0.2) is 16.7 Å². The Balaban J connectivity index is 1.86. The lowest BCUT2D eigenvalue weighted by molar-refractivity contribution is 0.0203. The van der Waals surface area contributed by atoms with Crippen LogP contribution >= 0.6 is 15.9 Å². The lowest BCUT2D eigenvalue weighted by Gasteiger charge is -2.35. The maximum absolute atomic E-state index is 5.88. The molecule has 1 aliphatic heterocycles. The molecule has 0 bridgehead atoms. The fraction of sp³-hybridized carbons (Fsp3) is 0.643. The molecular weight excluding hydrogens is 306 g/mol. The van der Waals surface area contributed by atoms with Gasteiger partial charge in [0.25, 0.3) is 0 Å². The third-order valence-corrected chi connectivity index (χ3v) is 4.19. The Kier molecular flexibility index (Phi) is 3.53. The normalized spacial score (nSPS) is 21.2. The molecular formula is C14H20BrN3O. The molecule has 0 aromatic carbocycles. The van der Waals surface area contributed by atoms with Gasteiger partial charge < -0.3 is 14.5 Å².